The minimum absolute atomic E-state index is 0.179. The van der Waals surface area contributed by atoms with Crippen molar-refractivity contribution in [3.05, 3.63) is 90.0 Å². The van der Waals surface area contributed by atoms with Crippen LogP contribution in [0.15, 0.2) is 73.1 Å². The molecule has 0 aliphatic carbocycles. The summed E-state index contributed by atoms with van der Waals surface area (Å²) in [4.78, 5) is 21.4. The number of fused-ring (bicyclic) bond motifs is 1. The van der Waals surface area contributed by atoms with Crippen molar-refractivity contribution in [1.29, 1.82) is 0 Å². The fraction of sp³-hybridized carbons (Fsp3) is 0.174. The number of carbonyl (C=O) groups excluding carboxylic acids is 1. The Morgan fingerprint density at radius 3 is 2.69 bits per heavy atom. The number of nitrogens with zero attached hydrogens (tertiary/aromatic N) is 3. The molecule has 6 nitrogen and oxygen atoms in total. The van der Waals surface area contributed by atoms with Gasteiger partial charge in [0.15, 0.2) is 0 Å². The Labute approximate surface area is 169 Å². The summed E-state index contributed by atoms with van der Waals surface area (Å²) in [6, 6.07) is 19.1. The van der Waals surface area contributed by atoms with E-state index in [0.717, 1.165) is 28.2 Å². The maximum Gasteiger partial charge on any atom is 0.253 e. The van der Waals surface area contributed by atoms with Gasteiger partial charge in [0.25, 0.3) is 5.91 Å². The van der Waals surface area contributed by atoms with Crippen molar-refractivity contribution in [2.75, 3.05) is 7.11 Å². The van der Waals surface area contributed by atoms with Crippen molar-refractivity contribution in [3.63, 3.8) is 0 Å². The largest absolute Gasteiger partial charge is 0.496 e. The van der Waals surface area contributed by atoms with Crippen molar-refractivity contribution in [1.82, 2.24) is 19.9 Å². The monoisotopic (exact) mass is 386 g/mol. The number of pyridine rings is 1. The Morgan fingerprint density at radius 2 is 1.90 bits per heavy atom. The Balaban J connectivity index is 1.70. The number of carbonyl (C=O) groups is 1. The van der Waals surface area contributed by atoms with Crippen LogP contribution in [0.2, 0.25) is 0 Å². The summed E-state index contributed by atoms with van der Waals surface area (Å²) in [5.74, 6) is 1.43. The number of hydrogen-bond acceptors (Lipinski definition) is 4. The molecular weight excluding hydrogens is 364 g/mol. The van der Waals surface area contributed by atoms with E-state index in [4.69, 9.17) is 9.72 Å². The molecule has 0 saturated carbocycles. The van der Waals surface area contributed by atoms with Crippen LogP contribution < -0.4 is 10.1 Å². The minimum atomic E-state index is -0.287. The van der Waals surface area contributed by atoms with Gasteiger partial charge >= 0.3 is 0 Å². The Kier molecular flexibility index (Phi) is 5.24. The number of ether oxygens (including phenoxy) is 1. The lowest BCUT2D eigenvalue weighted by Gasteiger charge is -2.17. The number of imidazole rings is 1. The molecular formula is C23H22N4O2. The Bertz CT molecular complexity index is 1140. The molecule has 0 spiro atoms. The number of rotatable bonds is 6. The van der Waals surface area contributed by atoms with Crippen molar-refractivity contribution in [2.45, 2.75) is 19.5 Å². The summed E-state index contributed by atoms with van der Waals surface area (Å²) in [5, 5.41) is 3.03. The maximum atomic E-state index is 12.6. The van der Waals surface area contributed by atoms with Crippen molar-refractivity contribution >= 4 is 16.9 Å². The summed E-state index contributed by atoms with van der Waals surface area (Å²) in [5.41, 5.74) is 3.47. The van der Waals surface area contributed by atoms with E-state index in [2.05, 4.69) is 14.9 Å². The molecule has 0 radical (unpaired) electrons. The molecule has 1 unspecified atom stereocenters. The number of benzene rings is 2. The van der Waals surface area contributed by atoms with Crippen LogP contribution in [0.4, 0.5) is 0 Å². The van der Waals surface area contributed by atoms with Gasteiger partial charge in [0, 0.05) is 18.0 Å². The standard InChI is InChI=1S/C23H22N4O2/c1-16(25-23(28)17-9-7-13-24-14-17)22-26-19-10-4-5-11-20(19)27(22)15-18-8-3-6-12-21(18)29-2/h3-14,16H,15H2,1-2H3,(H,25,28). The van der Waals surface area contributed by atoms with Gasteiger partial charge in [-0.2, -0.15) is 0 Å². The minimum Gasteiger partial charge on any atom is -0.496 e. The topological polar surface area (TPSA) is 69.0 Å². The van der Waals surface area contributed by atoms with E-state index in [1.54, 1.807) is 31.6 Å². The van der Waals surface area contributed by atoms with Gasteiger partial charge in [-0.3, -0.25) is 9.78 Å². The first-order chi connectivity index (χ1) is 14.2. The molecule has 1 N–H and O–H groups in total. The molecule has 6 heteroatoms. The molecule has 146 valence electrons. The van der Waals surface area contributed by atoms with Crippen LogP contribution in [-0.2, 0) is 6.54 Å². The van der Waals surface area contributed by atoms with E-state index < -0.39 is 0 Å². The fourth-order valence-corrected chi connectivity index (χ4v) is 3.44. The second-order valence-electron chi connectivity index (χ2n) is 6.79. The first-order valence-corrected chi connectivity index (χ1v) is 9.45. The predicted octanol–water partition coefficient (Wildman–Crippen LogP) is 3.98. The van der Waals surface area contributed by atoms with E-state index in [1.807, 2.05) is 55.5 Å². The van der Waals surface area contributed by atoms with E-state index in [9.17, 15) is 4.79 Å². The van der Waals surface area contributed by atoms with Crippen LogP contribution in [-0.4, -0.2) is 27.6 Å². The van der Waals surface area contributed by atoms with Crippen LogP contribution in [0.1, 0.15) is 34.7 Å². The number of aromatic nitrogens is 3. The lowest BCUT2D eigenvalue weighted by molar-refractivity contribution is 0.0937. The van der Waals surface area contributed by atoms with Gasteiger partial charge < -0.3 is 14.6 Å². The third kappa shape index (κ3) is 3.82. The maximum absolute atomic E-state index is 12.6. The zero-order valence-corrected chi connectivity index (χ0v) is 16.4. The zero-order chi connectivity index (χ0) is 20.2. The molecule has 2 aromatic carbocycles. The van der Waals surface area contributed by atoms with Crippen LogP contribution in [0, 0.1) is 0 Å². The van der Waals surface area contributed by atoms with Gasteiger partial charge in [0.1, 0.15) is 11.6 Å². The number of nitrogens with one attached hydrogen (secondary N) is 1. The lowest BCUT2D eigenvalue weighted by Crippen LogP contribution is -2.29. The molecule has 0 aliphatic heterocycles. The lowest BCUT2D eigenvalue weighted by atomic mass is 10.2. The second kappa shape index (κ2) is 8.14. The van der Waals surface area contributed by atoms with E-state index in [1.165, 1.54) is 0 Å². The number of para-hydroxylation sites is 3. The summed E-state index contributed by atoms with van der Waals surface area (Å²) < 4.78 is 7.64. The average Bonchev–Trinajstić information content (AvgIpc) is 3.13. The molecule has 2 aromatic heterocycles. The summed E-state index contributed by atoms with van der Waals surface area (Å²) >= 11 is 0. The number of hydrogen-bond donors (Lipinski definition) is 1. The molecule has 0 bridgehead atoms. The summed E-state index contributed by atoms with van der Waals surface area (Å²) in [6.45, 7) is 2.53. The van der Waals surface area contributed by atoms with E-state index in [0.29, 0.717) is 12.1 Å². The van der Waals surface area contributed by atoms with Crippen molar-refractivity contribution in [3.8, 4) is 5.75 Å². The molecule has 0 saturated heterocycles. The highest BCUT2D eigenvalue weighted by atomic mass is 16.5. The van der Waals surface area contributed by atoms with Crippen LogP contribution in [0.3, 0.4) is 0 Å². The molecule has 1 atom stereocenters. The van der Waals surface area contributed by atoms with Gasteiger partial charge in [0.05, 0.1) is 36.3 Å². The van der Waals surface area contributed by atoms with Gasteiger partial charge in [0.2, 0.25) is 0 Å². The Morgan fingerprint density at radius 1 is 1.10 bits per heavy atom. The highest BCUT2D eigenvalue weighted by Crippen LogP contribution is 2.25. The smallest absolute Gasteiger partial charge is 0.253 e. The highest BCUT2D eigenvalue weighted by molar-refractivity contribution is 5.94. The first kappa shape index (κ1) is 18.7. The zero-order valence-electron chi connectivity index (χ0n) is 16.4. The fourth-order valence-electron chi connectivity index (χ4n) is 3.44. The third-order valence-electron chi connectivity index (χ3n) is 4.86. The van der Waals surface area contributed by atoms with Gasteiger partial charge in [-0.1, -0.05) is 30.3 Å². The average molecular weight is 386 g/mol. The van der Waals surface area contributed by atoms with Gasteiger partial charge in [-0.05, 0) is 37.3 Å². The van der Waals surface area contributed by atoms with Crippen LogP contribution in [0.25, 0.3) is 11.0 Å². The molecule has 4 rings (SSSR count). The molecule has 2 heterocycles. The van der Waals surface area contributed by atoms with Gasteiger partial charge in [-0.25, -0.2) is 4.98 Å². The molecule has 0 fully saturated rings. The molecule has 29 heavy (non-hydrogen) atoms. The molecule has 0 aliphatic rings. The normalized spacial score (nSPS) is 11.9. The summed E-state index contributed by atoms with van der Waals surface area (Å²) in [7, 11) is 1.67. The predicted molar refractivity (Wildman–Crippen MR) is 112 cm³/mol. The second-order valence-corrected chi connectivity index (χ2v) is 6.79. The van der Waals surface area contributed by atoms with Crippen molar-refractivity contribution < 1.29 is 9.53 Å². The third-order valence-corrected chi connectivity index (χ3v) is 4.86. The quantitative estimate of drug-likeness (QED) is 0.544. The van der Waals surface area contributed by atoms with Gasteiger partial charge in [-0.15, -0.1) is 0 Å². The SMILES string of the molecule is COc1ccccc1Cn1c(C(C)NC(=O)c2cccnc2)nc2ccccc21. The molecule has 1 amide bonds. The van der Waals surface area contributed by atoms with E-state index in [-0.39, 0.29) is 11.9 Å². The van der Waals surface area contributed by atoms with Crippen molar-refractivity contribution in [2.24, 2.45) is 0 Å². The number of amides is 1. The molecule has 4 aromatic rings. The van der Waals surface area contributed by atoms with Crippen LogP contribution in [0.5, 0.6) is 5.75 Å². The summed E-state index contributed by atoms with van der Waals surface area (Å²) in [6.07, 6.45) is 3.20. The highest BCUT2D eigenvalue weighted by Gasteiger charge is 2.20. The first-order valence-electron chi connectivity index (χ1n) is 9.45. The van der Waals surface area contributed by atoms with Crippen LogP contribution >= 0.6 is 0 Å². The Hall–Kier alpha value is -3.67. The van der Waals surface area contributed by atoms with E-state index >= 15 is 0 Å². The number of methoxy groups -OCH3 is 1.